The van der Waals surface area contributed by atoms with Crippen molar-refractivity contribution in [3.05, 3.63) is 47.0 Å². The van der Waals surface area contributed by atoms with Crippen LogP contribution in [-0.2, 0) is 11.2 Å². The normalized spacial score (nSPS) is 11.2. The van der Waals surface area contributed by atoms with Crippen LogP contribution in [0.2, 0.25) is 0 Å². The van der Waals surface area contributed by atoms with E-state index < -0.39 is 5.97 Å². The number of H-pyrrole nitrogens is 1. The van der Waals surface area contributed by atoms with Gasteiger partial charge in [0.05, 0.1) is 12.3 Å². The lowest BCUT2D eigenvalue weighted by molar-refractivity contribution is 0.0512. The van der Waals surface area contributed by atoms with Gasteiger partial charge in [-0.15, -0.1) is 0 Å². The van der Waals surface area contributed by atoms with Gasteiger partial charge in [-0.3, -0.25) is 0 Å². The molecule has 3 aromatic heterocycles. The summed E-state index contributed by atoms with van der Waals surface area (Å²) in [5.74, 6) is -0.118. The van der Waals surface area contributed by atoms with Crippen molar-refractivity contribution >= 4 is 33.8 Å². The number of anilines is 1. The molecular weight excluding hydrogens is 358 g/mol. The van der Waals surface area contributed by atoms with E-state index >= 15 is 0 Å². The van der Waals surface area contributed by atoms with Gasteiger partial charge in [-0.2, -0.15) is 4.98 Å². The minimum Gasteiger partial charge on any atom is -0.460 e. The van der Waals surface area contributed by atoms with Crippen LogP contribution in [0.15, 0.2) is 28.9 Å². The zero-order valence-electron chi connectivity index (χ0n) is 16.0. The maximum absolute atomic E-state index is 12.0. The van der Waals surface area contributed by atoms with E-state index in [2.05, 4.69) is 50.5 Å². The number of hydrogen-bond acceptors (Lipinski definition) is 7. The molecular formula is C20H21N5O3. The number of aromatic nitrogens is 4. The van der Waals surface area contributed by atoms with E-state index in [1.807, 2.05) is 13.1 Å². The fourth-order valence-electron chi connectivity index (χ4n) is 3.22. The molecule has 0 aliphatic rings. The Labute approximate surface area is 161 Å². The van der Waals surface area contributed by atoms with Gasteiger partial charge < -0.3 is 19.6 Å². The van der Waals surface area contributed by atoms with Crippen molar-refractivity contribution in [3.63, 3.8) is 0 Å². The highest BCUT2D eigenvalue weighted by Gasteiger charge is 2.19. The molecule has 0 radical (unpaired) electrons. The van der Waals surface area contributed by atoms with Crippen molar-refractivity contribution in [2.24, 2.45) is 0 Å². The lowest BCUT2D eigenvalue weighted by Gasteiger charge is -2.08. The van der Waals surface area contributed by atoms with Crippen LogP contribution in [0, 0.1) is 13.8 Å². The second-order valence-electron chi connectivity index (χ2n) is 6.60. The minimum atomic E-state index is -0.589. The largest absolute Gasteiger partial charge is 0.460 e. The van der Waals surface area contributed by atoms with Crippen LogP contribution < -0.4 is 5.32 Å². The van der Waals surface area contributed by atoms with Crippen LogP contribution in [0.3, 0.4) is 0 Å². The summed E-state index contributed by atoms with van der Waals surface area (Å²) in [5.41, 5.74) is 4.48. The first-order valence-electron chi connectivity index (χ1n) is 9.18. The highest BCUT2D eigenvalue weighted by Crippen LogP contribution is 2.25. The zero-order chi connectivity index (χ0) is 19.7. The fraction of sp³-hybridized carbons (Fsp3) is 0.300. The highest BCUT2D eigenvalue weighted by molar-refractivity contribution is 5.93. The Bertz CT molecular complexity index is 1160. The molecule has 0 bridgehead atoms. The Hall–Kier alpha value is -3.42. The van der Waals surface area contributed by atoms with Gasteiger partial charge in [-0.25, -0.2) is 9.78 Å². The number of hydrogen-bond donors (Lipinski definition) is 2. The van der Waals surface area contributed by atoms with Crippen molar-refractivity contribution < 1.29 is 14.1 Å². The summed E-state index contributed by atoms with van der Waals surface area (Å²) in [6.45, 7) is 6.50. The van der Waals surface area contributed by atoms with Gasteiger partial charge in [-0.05, 0) is 44.9 Å². The molecule has 1 aromatic carbocycles. The van der Waals surface area contributed by atoms with Crippen LogP contribution in [-0.4, -0.2) is 39.2 Å². The summed E-state index contributed by atoms with van der Waals surface area (Å²) in [5, 5.41) is 9.11. The van der Waals surface area contributed by atoms with E-state index in [1.54, 1.807) is 6.92 Å². The SMILES string of the molecule is CCOC(=O)c1nc(NCCc2c[nH]c3ccc(C)cc23)c2c(C)noc2n1. The zero-order valence-corrected chi connectivity index (χ0v) is 16.0. The molecule has 8 heteroatoms. The molecule has 0 spiro atoms. The molecule has 3 heterocycles. The Kier molecular flexibility index (Phi) is 4.68. The third-order valence-electron chi connectivity index (χ3n) is 4.57. The summed E-state index contributed by atoms with van der Waals surface area (Å²) >= 11 is 0. The average Bonchev–Trinajstić information content (AvgIpc) is 3.25. The van der Waals surface area contributed by atoms with Gasteiger partial charge in [0, 0.05) is 23.6 Å². The molecule has 0 fully saturated rings. The molecule has 0 amide bonds. The van der Waals surface area contributed by atoms with Crippen LogP contribution in [0.5, 0.6) is 0 Å². The summed E-state index contributed by atoms with van der Waals surface area (Å²) in [6, 6.07) is 6.35. The number of esters is 1. The lowest BCUT2D eigenvalue weighted by Crippen LogP contribution is -2.13. The Morgan fingerprint density at radius 3 is 2.96 bits per heavy atom. The molecule has 0 saturated carbocycles. The topological polar surface area (TPSA) is 106 Å². The summed E-state index contributed by atoms with van der Waals surface area (Å²) in [4.78, 5) is 23.8. The predicted molar refractivity (Wildman–Crippen MR) is 106 cm³/mol. The Balaban J connectivity index is 1.59. The summed E-state index contributed by atoms with van der Waals surface area (Å²) in [7, 11) is 0. The van der Waals surface area contributed by atoms with Crippen LogP contribution in [0.1, 0.15) is 34.4 Å². The quantitative estimate of drug-likeness (QED) is 0.494. The standard InChI is InChI=1S/C20H21N5O3/c1-4-27-20(26)18-23-17(16-12(3)25-28-19(16)24-18)21-8-7-13-10-22-15-6-5-11(2)9-14(13)15/h5-6,9-10,22H,4,7-8H2,1-3H3,(H,21,23,24). The molecule has 4 aromatic rings. The molecule has 28 heavy (non-hydrogen) atoms. The number of carbonyl (C=O) groups is 1. The second kappa shape index (κ2) is 7.30. The van der Waals surface area contributed by atoms with Gasteiger partial charge in [0.25, 0.3) is 5.71 Å². The number of benzene rings is 1. The van der Waals surface area contributed by atoms with E-state index in [-0.39, 0.29) is 18.1 Å². The van der Waals surface area contributed by atoms with Gasteiger partial charge in [0.2, 0.25) is 5.82 Å². The van der Waals surface area contributed by atoms with Crippen molar-refractivity contribution in [1.29, 1.82) is 0 Å². The monoisotopic (exact) mass is 379 g/mol. The molecule has 0 saturated heterocycles. The van der Waals surface area contributed by atoms with Crippen LogP contribution >= 0.6 is 0 Å². The van der Waals surface area contributed by atoms with Gasteiger partial charge >= 0.3 is 5.97 Å². The van der Waals surface area contributed by atoms with E-state index in [0.717, 1.165) is 11.9 Å². The number of carbonyl (C=O) groups excluding carboxylic acids is 1. The molecule has 144 valence electrons. The smallest absolute Gasteiger partial charge is 0.376 e. The predicted octanol–water partition coefficient (Wildman–Crippen LogP) is 3.55. The molecule has 2 N–H and O–H groups in total. The second-order valence-corrected chi connectivity index (χ2v) is 6.60. The first-order valence-corrected chi connectivity index (χ1v) is 9.18. The number of ether oxygens (including phenoxy) is 1. The van der Waals surface area contributed by atoms with Gasteiger partial charge in [0.1, 0.15) is 11.2 Å². The van der Waals surface area contributed by atoms with E-state index in [9.17, 15) is 4.79 Å². The number of nitrogens with zero attached hydrogens (tertiary/aromatic N) is 3. The fourth-order valence-corrected chi connectivity index (χ4v) is 3.22. The van der Waals surface area contributed by atoms with E-state index in [4.69, 9.17) is 9.26 Å². The first kappa shape index (κ1) is 18.0. The van der Waals surface area contributed by atoms with E-state index in [0.29, 0.717) is 23.4 Å². The number of rotatable bonds is 6. The van der Waals surface area contributed by atoms with Crippen LogP contribution in [0.25, 0.3) is 22.0 Å². The van der Waals surface area contributed by atoms with Crippen LogP contribution in [0.4, 0.5) is 5.82 Å². The minimum absolute atomic E-state index is 0.0456. The first-order chi connectivity index (χ1) is 13.6. The van der Waals surface area contributed by atoms with Crippen molar-refractivity contribution in [2.75, 3.05) is 18.5 Å². The van der Waals surface area contributed by atoms with Crippen molar-refractivity contribution in [2.45, 2.75) is 27.2 Å². The number of fused-ring (bicyclic) bond motifs is 2. The van der Waals surface area contributed by atoms with E-state index in [1.165, 1.54) is 16.5 Å². The molecule has 8 nitrogen and oxygen atoms in total. The third-order valence-corrected chi connectivity index (χ3v) is 4.57. The number of aryl methyl sites for hydroxylation is 2. The average molecular weight is 379 g/mol. The Morgan fingerprint density at radius 1 is 1.29 bits per heavy atom. The summed E-state index contributed by atoms with van der Waals surface area (Å²) < 4.78 is 10.2. The molecule has 0 unspecified atom stereocenters. The maximum Gasteiger partial charge on any atom is 0.376 e. The molecule has 0 atom stereocenters. The summed E-state index contributed by atoms with van der Waals surface area (Å²) in [6.07, 6.45) is 2.81. The maximum atomic E-state index is 12.0. The number of aromatic amines is 1. The molecule has 4 rings (SSSR count). The lowest BCUT2D eigenvalue weighted by atomic mass is 10.1. The van der Waals surface area contributed by atoms with Gasteiger partial charge in [0.15, 0.2) is 0 Å². The third kappa shape index (κ3) is 3.28. The molecule has 0 aliphatic heterocycles. The van der Waals surface area contributed by atoms with Crippen molar-refractivity contribution in [1.82, 2.24) is 20.1 Å². The highest BCUT2D eigenvalue weighted by atomic mass is 16.5. The number of nitrogens with one attached hydrogen (secondary N) is 2. The Morgan fingerprint density at radius 2 is 2.14 bits per heavy atom. The van der Waals surface area contributed by atoms with Crippen molar-refractivity contribution in [3.8, 4) is 0 Å². The van der Waals surface area contributed by atoms with Gasteiger partial charge in [-0.1, -0.05) is 16.8 Å². The molecule has 0 aliphatic carbocycles.